The van der Waals surface area contributed by atoms with E-state index in [4.69, 9.17) is 5.73 Å². The van der Waals surface area contributed by atoms with E-state index in [1.165, 1.54) is 0 Å². The van der Waals surface area contributed by atoms with E-state index in [-0.39, 0.29) is 11.9 Å². The standard InChI is InChI=1S/C17H21N3O/c1-12(2)20(11-14-7-4-5-9-16(14)18)17(21)15-8-6-10-19-13(15)3/h4-10,12H,11,18H2,1-3H3. The normalized spacial score (nSPS) is 10.7. The van der Waals surface area contributed by atoms with Crippen molar-refractivity contribution < 1.29 is 4.79 Å². The highest BCUT2D eigenvalue weighted by atomic mass is 16.2. The van der Waals surface area contributed by atoms with Crippen LogP contribution in [0.1, 0.15) is 35.5 Å². The number of amides is 1. The molecule has 2 rings (SSSR count). The highest BCUT2D eigenvalue weighted by Crippen LogP contribution is 2.18. The molecule has 1 heterocycles. The van der Waals surface area contributed by atoms with Crippen molar-refractivity contribution in [3.63, 3.8) is 0 Å². The van der Waals surface area contributed by atoms with Crippen molar-refractivity contribution in [3.8, 4) is 0 Å². The van der Waals surface area contributed by atoms with Crippen molar-refractivity contribution in [2.45, 2.75) is 33.4 Å². The van der Waals surface area contributed by atoms with E-state index < -0.39 is 0 Å². The number of carbonyl (C=O) groups is 1. The van der Waals surface area contributed by atoms with Gasteiger partial charge in [0.2, 0.25) is 0 Å². The van der Waals surface area contributed by atoms with E-state index in [0.29, 0.717) is 17.8 Å². The van der Waals surface area contributed by atoms with Gasteiger partial charge in [-0.15, -0.1) is 0 Å². The van der Waals surface area contributed by atoms with E-state index in [9.17, 15) is 4.79 Å². The predicted octanol–water partition coefficient (Wildman–Crippen LogP) is 3.02. The first-order valence-corrected chi connectivity index (χ1v) is 7.06. The van der Waals surface area contributed by atoms with Crippen LogP contribution in [0, 0.1) is 6.92 Å². The van der Waals surface area contributed by atoms with Gasteiger partial charge in [-0.05, 0) is 44.5 Å². The second kappa shape index (κ2) is 6.39. The summed E-state index contributed by atoms with van der Waals surface area (Å²) >= 11 is 0. The van der Waals surface area contributed by atoms with Gasteiger partial charge >= 0.3 is 0 Å². The number of anilines is 1. The fourth-order valence-electron chi connectivity index (χ4n) is 2.22. The quantitative estimate of drug-likeness (QED) is 0.877. The first kappa shape index (κ1) is 15.0. The molecule has 0 fully saturated rings. The average molecular weight is 283 g/mol. The van der Waals surface area contributed by atoms with Gasteiger partial charge < -0.3 is 10.6 Å². The van der Waals surface area contributed by atoms with Gasteiger partial charge in [-0.2, -0.15) is 0 Å². The average Bonchev–Trinajstić information content (AvgIpc) is 2.46. The Morgan fingerprint density at radius 1 is 1.24 bits per heavy atom. The van der Waals surface area contributed by atoms with Crippen LogP contribution in [0.15, 0.2) is 42.6 Å². The SMILES string of the molecule is Cc1ncccc1C(=O)N(Cc1ccccc1N)C(C)C. The van der Waals surface area contributed by atoms with E-state index in [1.54, 1.807) is 12.3 Å². The zero-order chi connectivity index (χ0) is 15.4. The maximum Gasteiger partial charge on any atom is 0.256 e. The summed E-state index contributed by atoms with van der Waals surface area (Å²) in [6, 6.07) is 11.3. The minimum Gasteiger partial charge on any atom is -0.398 e. The largest absolute Gasteiger partial charge is 0.398 e. The van der Waals surface area contributed by atoms with Crippen molar-refractivity contribution in [1.29, 1.82) is 0 Å². The Balaban J connectivity index is 2.30. The Hall–Kier alpha value is -2.36. The van der Waals surface area contributed by atoms with Gasteiger partial charge in [-0.3, -0.25) is 9.78 Å². The molecule has 0 aliphatic rings. The number of nitrogens with two attached hydrogens (primary N) is 1. The molecule has 0 aliphatic heterocycles. The molecule has 0 aliphatic carbocycles. The number of rotatable bonds is 4. The lowest BCUT2D eigenvalue weighted by Gasteiger charge is -2.28. The minimum absolute atomic E-state index is 0.0150. The molecule has 1 aromatic carbocycles. The van der Waals surface area contributed by atoms with Crippen LogP contribution in [0.4, 0.5) is 5.69 Å². The number of nitrogen functional groups attached to an aromatic ring is 1. The zero-order valence-corrected chi connectivity index (χ0v) is 12.7. The molecule has 2 aromatic rings. The molecule has 21 heavy (non-hydrogen) atoms. The third-order valence-corrected chi connectivity index (χ3v) is 3.52. The van der Waals surface area contributed by atoms with Crippen LogP contribution in [-0.2, 0) is 6.54 Å². The summed E-state index contributed by atoms with van der Waals surface area (Å²) in [5, 5.41) is 0. The van der Waals surface area contributed by atoms with Crippen LogP contribution in [0.2, 0.25) is 0 Å². The van der Waals surface area contributed by atoms with Crippen LogP contribution in [0.5, 0.6) is 0 Å². The smallest absolute Gasteiger partial charge is 0.256 e. The summed E-state index contributed by atoms with van der Waals surface area (Å²) in [4.78, 5) is 18.8. The second-order valence-electron chi connectivity index (χ2n) is 5.36. The number of carbonyl (C=O) groups excluding carboxylic acids is 1. The summed E-state index contributed by atoms with van der Waals surface area (Å²) in [7, 11) is 0. The molecule has 0 saturated heterocycles. The van der Waals surface area contributed by atoms with Gasteiger partial charge in [-0.1, -0.05) is 18.2 Å². The molecular weight excluding hydrogens is 262 g/mol. The molecule has 0 atom stereocenters. The number of para-hydroxylation sites is 1. The molecule has 0 unspecified atom stereocenters. The fraction of sp³-hybridized carbons (Fsp3) is 0.294. The first-order valence-electron chi connectivity index (χ1n) is 7.06. The van der Waals surface area contributed by atoms with Crippen LogP contribution in [0.3, 0.4) is 0 Å². The van der Waals surface area contributed by atoms with Gasteiger partial charge in [0, 0.05) is 30.2 Å². The molecule has 1 amide bonds. The summed E-state index contributed by atoms with van der Waals surface area (Å²) in [6.45, 7) is 6.35. The second-order valence-corrected chi connectivity index (χ2v) is 5.36. The lowest BCUT2D eigenvalue weighted by atomic mass is 10.1. The number of hydrogen-bond donors (Lipinski definition) is 1. The van der Waals surface area contributed by atoms with Gasteiger partial charge in [0.1, 0.15) is 0 Å². The van der Waals surface area contributed by atoms with Gasteiger partial charge in [-0.25, -0.2) is 0 Å². The van der Waals surface area contributed by atoms with Crippen LogP contribution in [-0.4, -0.2) is 21.8 Å². The Bertz CT molecular complexity index is 637. The van der Waals surface area contributed by atoms with Crippen LogP contribution in [0.25, 0.3) is 0 Å². The number of hydrogen-bond acceptors (Lipinski definition) is 3. The Kier molecular flexibility index (Phi) is 4.58. The van der Waals surface area contributed by atoms with Crippen molar-refractivity contribution in [2.24, 2.45) is 0 Å². The Morgan fingerprint density at radius 2 is 1.95 bits per heavy atom. The maximum atomic E-state index is 12.8. The summed E-state index contributed by atoms with van der Waals surface area (Å²) in [6.07, 6.45) is 1.70. The van der Waals surface area contributed by atoms with Crippen molar-refractivity contribution >= 4 is 11.6 Å². The van der Waals surface area contributed by atoms with Crippen LogP contribution >= 0.6 is 0 Å². The molecule has 0 saturated carbocycles. The summed E-state index contributed by atoms with van der Waals surface area (Å²) < 4.78 is 0. The third-order valence-electron chi connectivity index (χ3n) is 3.52. The lowest BCUT2D eigenvalue weighted by Crippen LogP contribution is -2.37. The number of benzene rings is 1. The highest BCUT2D eigenvalue weighted by Gasteiger charge is 2.21. The summed E-state index contributed by atoms with van der Waals surface area (Å²) in [5.41, 5.74) is 9.04. The van der Waals surface area contributed by atoms with Crippen molar-refractivity contribution in [2.75, 3.05) is 5.73 Å². The maximum absolute atomic E-state index is 12.8. The Labute approximate surface area is 125 Å². The van der Waals surface area contributed by atoms with Gasteiger partial charge in [0.15, 0.2) is 0 Å². The first-order chi connectivity index (χ1) is 10.0. The molecule has 2 N–H and O–H groups in total. The number of aryl methyl sites for hydroxylation is 1. The minimum atomic E-state index is -0.0150. The van der Waals surface area contributed by atoms with Crippen molar-refractivity contribution in [1.82, 2.24) is 9.88 Å². The topological polar surface area (TPSA) is 59.2 Å². The van der Waals surface area contributed by atoms with Crippen molar-refractivity contribution in [3.05, 3.63) is 59.4 Å². The van der Waals surface area contributed by atoms with Gasteiger partial charge in [0.05, 0.1) is 5.56 Å². The summed E-state index contributed by atoms with van der Waals surface area (Å²) in [5.74, 6) is -0.0150. The Morgan fingerprint density at radius 3 is 2.57 bits per heavy atom. The number of nitrogens with zero attached hydrogens (tertiary/aromatic N) is 2. The molecular formula is C17H21N3O. The highest BCUT2D eigenvalue weighted by molar-refractivity contribution is 5.95. The van der Waals surface area contributed by atoms with E-state index in [1.807, 2.05) is 56.0 Å². The van der Waals surface area contributed by atoms with E-state index in [2.05, 4.69) is 4.98 Å². The van der Waals surface area contributed by atoms with E-state index >= 15 is 0 Å². The molecule has 0 bridgehead atoms. The zero-order valence-electron chi connectivity index (χ0n) is 12.7. The predicted molar refractivity (Wildman–Crippen MR) is 84.8 cm³/mol. The van der Waals surface area contributed by atoms with Gasteiger partial charge in [0.25, 0.3) is 5.91 Å². The van der Waals surface area contributed by atoms with Crippen LogP contribution < -0.4 is 5.73 Å². The monoisotopic (exact) mass is 283 g/mol. The molecule has 0 spiro atoms. The number of aromatic nitrogens is 1. The third kappa shape index (κ3) is 3.40. The fourth-order valence-corrected chi connectivity index (χ4v) is 2.22. The molecule has 1 aromatic heterocycles. The molecule has 0 radical (unpaired) electrons. The number of pyridine rings is 1. The lowest BCUT2D eigenvalue weighted by molar-refractivity contribution is 0.0689. The van der Waals surface area contributed by atoms with E-state index in [0.717, 1.165) is 11.3 Å². The molecule has 4 nitrogen and oxygen atoms in total. The molecule has 4 heteroatoms. The molecule has 110 valence electrons.